The van der Waals surface area contributed by atoms with Crippen LogP contribution < -0.4 is 5.32 Å². The summed E-state index contributed by atoms with van der Waals surface area (Å²) in [5, 5.41) is 12.1. The fourth-order valence-electron chi connectivity index (χ4n) is 2.88. The molecule has 26 heavy (non-hydrogen) atoms. The van der Waals surface area contributed by atoms with E-state index in [1.54, 1.807) is 0 Å². The summed E-state index contributed by atoms with van der Waals surface area (Å²) in [6.45, 7) is 0. The van der Waals surface area contributed by atoms with E-state index in [-0.39, 0.29) is 15.6 Å². The molecule has 3 heterocycles. The van der Waals surface area contributed by atoms with Crippen LogP contribution in [0.1, 0.15) is 12.8 Å². The van der Waals surface area contributed by atoms with Gasteiger partial charge in [-0.15, -0.1) is 0 Å². The molecular weight excluding hydrogens is 352 g/mol. The molecule has 5 rings (SSSR count). The lowest BCUT2D eigenvalue weighted by Crippen LogP contribution is -2.13. The van der Waals surface area contributed by atoms with Crippen molar-refractivity contribution < 1.29 is 8.76 Å². The molecule has 1 atom stereocenters. The van der Waals surface area contributed by atoms with Gasteiger partial charge in [0, 0.05) is 36.0 Å². The Morgan fingerprint density at radius 3 is 2.69 bits per heavy atom. The molecule has 4 aromatic rings. The summed E-state index contributed by atoms with van der Waals surface area (Å²) in [6.07, 6.45) is 5.03. The summed E-state index contributed by atoms with van der Waals surface area (Å²) >= 11 is 0. The van der Waals surface area contributed by atoms with Crippen molar-refractivity contribution >= 4 is 32.6 Å². The lowest BCUT2D eigenvalue weighted by atomic mass is 10.2. The number of aromatic nitrogens is 5. The second kappa shape index (κ2) is 5.55. The minimum Gasteiger partial charge on any atom is -0.604 e. The highest BCUT2D eigenvalue weighted by Gasteiger charge is 2.33. The number of para-hydroxylation sites is 1. The summed E-state index contributed by atoms with van der Waals surface area (Å²) in [4.78, 5) is 8.55. The van der Waals surface area contributed by atoms with E-state index in [2.05, 4.69) is 25.6 Å². The Morgan fingerprint density at radius 1 is 1.15 bits per heavy atom. The number of hydrogen-bond donors (Lipinski definition) is 1. The van der Waals surface area contributed by atoms with Crippen LogP contribution in [-0.2, 0) is 14.4 Å². The lowest BCUT2D eigenvalue weighted by molar-refractivity contribution is 0.475. The number of nitrogens with one attached hydrogen (secondary N) is 1. The number of anilines is 1. The molecule has 8 nitrogen and oxygen atoms in total. The number of nitrogens with zero attached hydrogens (tertiary/aromatic N) is 5. The van der Waals surface area contributed by atoms with Crippen LogP contribution in [0.15, 0.2) is 58.7 Å². The van der Waals surface area contributed by atoms with E-state index in [1.807, 2.05) is 24.3 Å². The molecule has 1 aliphatic rings. The molecule has 1 saturated carbocycles. The first-order chi connectivity index (χ1) is 12.6. The van der Waals surface area contributed by atoms with Crippen molar-refractivity contribution in [1.82, 2.24) is 24.8 Å². The highest BCUT2D eigenvalue weighted by molar-refractivity contribution is 7.97. The number of benzene rings is 1. The molecular formula is C17H14N6O2S. The van der Waals surface area contributed by atoms with Crippen molar-refractivity contribution in [2.75, 3.05) is 5.32 Å². The first kappa shape index (κ1) is 15.4. The lowest BCUT2D eigenvalue weighted by Gasteiger charge is -2.12. The molecule has 3 aromatic heterocycles. The van der Waals surface area contributed by atoms with Crippen molar-refractivity contribution in [3.8, 4) is 0 Å². The zero-order valence-electron chi connectivity index (χ0n) is 13.6. The van der Waals surface area contributed by atoms with E-state index in [0.717, 1.165) is 23.7 Å². The number of pyridine rings is 1. The first-order valence-electron chi connectivity index (χ1n) is 8.20. The Labute approximate surface area is 149 Å². The third kappa shape index (κ3) is 2.36. The second-order valence-electron chi connectivity index (χ2n) is 6.21. The van der Waals surface area contributed by atoms with Crippen molar-refractivity contribution in [1.29, 1.82) is 0 Å². The zero-order valence-corrected chi connectivity index (χ0v) is 14.4. The summed E-state index contributed by atoms with van der Waals surface area (Å²) < 4.78 is 27.4. The van der Waals surface area contributed by atoms with E-state index in [9.17, 15) is 8.76 Å². The number of rotatable bonds is 4. The number of sulfone groups is 1. The van der Waals surface area contributed by atoms with E-state index in [4.69, 9.17) is 0 Å². The fourth-order valence-corrected chi connectivity index (χ4v) is 4.10. The Kier molecular flexibility index (Phi) is 3.28. The van der Waals surface area contributed by atoms with Crippen LogP contribution in [0.5, 0.6) is 0 Å². The third-order valence-electron chi connectivity index (χ3n) is 4.35. The molecule has 1 fully saturated rings. The molecule has 0 saturated heterocycles. The van der Waals surface area contributed by atoms with Crippen LogP contribution in [0.25, 0.3) is 16.6 Å². The predicted molar refractivity (Wildman–Crippen MR) is 94.5 cm³/mol. The van der Waals surface area contributed by atoms with Crippen LogP contribution in [0.3, 0.4) is 0 Å². The summed E-state index contributed by atoms with van der Waals surface area (Å²) in [5.41, 5.74) is 0.966. The van der Waals surface area contributed by atoms with Crippen molar-refractivity contribution in [2.24, 2.45) is 0 Å². The van der Waals surface area contributed by atoms with Gasteiger partial charge in [0.15, 0.2) is 4.90 Å². The molecule has 1 aromatic carbocycles. The number of fused-ring (bicyclic) bond motifs is 3. The fraction of sp³-hybridized carbons (Fsp3) is 0.176. The Morgan fingerprint density at radius 2 is 1.92 bits per heavy atom. The van der Waals surface area contributed by atoms with Gasteiger partial charge >= 0.3 is 5.03 Å². The molecule has 0 aliphatic heterocycles. The molecule has 1 N–H and O–H groups in total. The number of hydrogen-bond acceptors (Lipinski definition) is 7. The highest BCUT2D eigenvalue weighted by Crippen LogP contribution is 2.32. The Bertz CT molecular complexity index is 1170. The molecule has 9 heteroatoms. The molecule has 0 bridgehead atoms. The van der Waals surface area contributed by atoms with Gasteiger partial charge in [0.05, 0.1) is 5.52 Å². The van der Waals surface area contributed by atoms with Gasteiger partial charge in [0.2, 0.25) is 5.65 Å². The van der Waals surface area contributed by atoms with Gasteiger partial charge in [-0.05, 0) is 25.0 Å². The van der Waals surface area contributed by atoms with Gasteiger partial charge in [-0.2, -0.15) is 4.52 Å². The van der Waals surface area contributed by atoms with Gasteiger partial charge in [-0.3, -0.25) is 4.98 Å². The summed E-state index contributed by atoms with van der Waals surface area (Å²) in [6, 6.07) is 10.9. The van der Waals surface area contributed by atoms with Crippen LogP contribution in [-0.4, -0.2) is 35.4 Å². The summed E-state index contributed by atoms with van der Waals surface area (Å²) in [5.74, 6) is 0.657. The standard InChI is InChI=1S/C17H14N6O2S/c24-26(25,12-7-9-18-10-8-12)17-16-20-15(19-11-5-6-11)13-3-1-2-4-14(13)23(16)22-21-17/h1-4,7-11H,5-6H2,(H-,19,20,24,25). The summed E-state index contributed by atoms with van der Waals surface area (Å²) in [7, 11) is -3.85. The van der Waals surface area contributed by atoms with Crippen LogP contribution >= 0.6 is 0 Å². The van der Waals surface area contributed by atoms with Crippen molar-refractivity contribution in [3.05, 3.63) is 48.8 Å². The quantitative estimate of drug-likeness (QED) is 0.552. The zero-order chi connectivity index (χ0) is 17.7. The maximum absolute atomic E-state index is 13.0. The van der Waals surface area contributed by atoms with Crippen LogP contribution in [0, 0.1) is 0 Å². The third-order valence-corrected chi connectivity index (χ3v) is 6.02. The molecule has 0 spiro atoms. The van der Waals surface area contributed by atoms with E-state index < -0.39 is 10.2 Å². The maximum Gasteiger partial charge on any atom is 0.317 e. The average Bonchev–Trinajstić information content (AvgIpc) is 3.38. The minimum absolute atomic E-state index is 0.113. The van der Waals surface area contributed by atoms with Crippen LogP contribution in [0.2, 0.25) is 0 Å². The maximum atomic E-state index is 13.0. The van der Waals surface area contributed by atoms with Gasteiger partial charge in [-0.25, -0.2) is 4.98 Å². The second-order valence-corrected chi connectivity index (χ2v) is 8.08. The topological polar surface area (TPSA) is 108 Å². The highest BCUT2D eigenvalue weighted by atomic mass is 32.3. The van der Waals surface area contributed by atoms with Crippen molar-refractivity contribution in [2.45, 2.75) is 28.8 Å². The van der Waals surface area contributed by atoms with Gasteiger partial charge < -0.3 is 9.87 Å². The van der Waals surface area contributed by atoms with E-state index in [0.29, 0.717) is 11.9 Å². The van der Waals surface area contributed by atoms with E-state index >= 15 is 0 Å². The minimum atomic E-state index is -3.85. The van der Waals surface area contributed by atoms with Crippen molar-refractivity contribution in [3.63, 3.8) is 0 Å². The molecule has 1 aliphatic carbocycles. The predicted octanol–water partition coefficient (Wildman–Crippen LogP) is 2.29. The molecule has 0 radical (unpaired) electrons. The smallest absolute Gasteiger partial charge is 0.317 e. The first-order valence-corrected chi connectivity index (χ1v) is 9.69. The van der Waals surface area contributed by atoms with Crippen LogP contribution in [0.4, 0.5) is 5.82 Å². The molecule has 0 amide bonds. The van der Waals surface area contributed by atoms with E-state index in [1.165, 1.54) is 29.0 Å². The Hall–Kier alpha value is -2.91. The molecule has 1 unspecified atom stereocenters. The monoisotopic (exact) mass is 366 g/mol. The normalized spacial score (nSPS) is 16.7. The SMILES string of the molecule is O=[S+]([O-])(c1ccncc1)c1nnn2c1nc(NC1CC1)c1ccccc12. The van der Waals surface area contributed by atoms with Gasteiger partial charge in [0.25, 0.3) is 0 Å². The molecule has 130 valence electrons. The Balaban J connectivity index is 1.77. The van der Waals surface area contributed by atoms with Gasteiger partial charge in [-0.1, -0.05) is 26.7 Å². The van der Waals surface area contributed by atoms with Gasteiger partial charge in [0.1, 0.15) is 16.0 Å². The average molecular weight is 366 g/mol. The largest absolute Gasteiger partial charge is 0.604 e.